The van der Waals surface area contributed by atoms with Crippen molar-refractivity contribution in [2.75, 3.05) is 18.0 Å². The van der Waals surface area contributed by atoms with Gasteiger partial charge in [0, 0.05) is 19.2 Å². The fourth-order valence-corrected chi connectivity index (χ4v) is 1.66. The Kier molecular flexibility index (Phi) is 2.30. The third-order valence-corrected chi connectivity index (χ3v) is 2.39. The molecule has 5 nitrogen and oxygen atoms in total. The number of aromatic nitrogens is 1. The summed E-state index contributed by atoms with van der Waals surface area (Å²) >= 11 is 0. The van der Waals surface area contributed by atoms with Gasteiger partial charge in [0.05, 0.1) is 16.8 Å². The number of anilines is 1. The summed E-state index contributed by atoms with van der Waals surface area (Å²) in [5.41, 5.74) is 0.922. The molecule has 0 N–H and O–H groups in total. The minimum Gasteiger partial charge on any atom is -0.370 e. The zero-order valence-electron chi connectivity index (χ0n) is 7.72. The fourth-order valence-electron chi connectivity index (χ4n) is 1.66. The van der Waals surface area contributed by atoms with E-state index in [2.05, 4.69) is 9.88 Å². The molecule has 0 bridgehead atoms. The second-order valence-corrected chi connectivity index (χ2v) is 3.35. The van der Waals surface area contributed by atoms with Gasteiger partial charge in [0.15, 0.2) is 0 Å². The van der Waals surface area contributed by atoms with Crippen molar-refractivity contribution in [3.05, 3.63) is 28.6 Å². The van der Waals surface area contributed by atoms with Crippen LogP contribution in [-0.4, -0.2) is 23.0 Å². The molecule has 5 heteroatoms. The van der Waals surface area contributed by atoms with Crippen LogP contribution in [0.5, 0.6) is 0 Å². The number of nitro groups is 1. The largest absolute Gasteiger partial charge is 0.370 e. The first-order valence-corrected chi connectivity index (χ1v) is 4.62. The molecule has 2 rings (SSSR count). The molecule has 1 aromatic heterocycles. The SMILES string of the molecule is O=[N+]([O-])c1cncc(N2CCCC2)c1. The summed E-state index contributed by atoms with van der Waals surface area (Å²) in [6, 6.07) is 1.58. The second kappa shape index (κ2) is 3.61. The van der Waals surface area contributed by atoms with Crippen molar-refractivity contribution in [2.24, 2.45) is 0 Å². The third kappa shape index (κ3) is 1.66. The minimum absolute atomic E-state index is 0.0643. The first-order valence-electron chi connectivity index (χ1n) is 4.62. The van der Waals surface area contributed by atoms with Crippen molar-refractivity contribution in [3.8, 4) is 0 Å². The predicted molar refractivity (Wildman–Crippen MR) is 52.3 cm³/mol. The average Bonchev–Trinajstić information content (AvgIpc) is 2.71. The van der Waals surface area contributed by atoms with E-state index >= 15 is 0 Å². The highest BCUT2D eigenvalue weighted by atomic mass is 16.6. The Labute approximate surface area is 81.5 Å². The molecule has 0 unspecified atom stereocenters. The van der Waals surface area contributed by atoms with E-state index in [1.165, 1.54) is 6.20 Å². The monoisotopic (exact) mass is 193 g/mol. The lowest BCUT2D eigenvalue weighted by Gasteiger charge is -2.15. The Morgan fingerprint density at radius 2 is 2.07 bits per heavy atom. The molecular weight excluding hydrogens is 182 g/mol. The highest BCUT2D eigenvalue weighted by Gasteiger charge is 2.15. The summed E-state index contributed by atoms with van der Waals surface area (Å²) in [7, 11) is 0. The van der Waals surface area contributed by atoms with Gasteiger partial charge in [-0.1, -0.05) is 0 Å². The molecule has 0 aromatic carbocycles. The molecule has 1 fully saturated rings. The van der Waals surface area contributed by atoms with Crippen LogP contribution in [0.2, 0.25) is 0 Å². The van der Waals surface area contributed by atoms with E-state index in [1.54, 1.807) is 12.3 Å². The number of hydrogen-bond acceptors (Lipinski definition) is 4. The van der Waals surface area contributed by atoms with Crippen LogP contribution in [0, 0.1) is 10.1 Å². The van der Waals surface area contributed by atoms with Crippen LogP contribution in [0.25, 0.3) is 0 Å². The predicted octanol–water partition coefficient (Wildman–Crippen LogP) is 1.59. The van der Waals surface area contributed by atoms with Crippen LogP contribution >= 0.6 is 0 Å². The van der Waals surface area contributed by atoms with Crippen LogP contribution in [0.4, 0.5) is 11.4 Å². The van der Waals surface area contributed by atoms with Crippen molar-refractivity contribution < 1.29 is 4.92 Å². The summed E-state index contributed by atoms with van der Waals surface area (Å²) in [5, 5.41) is 10.5. The second-order valence-electron chi connectivity index (χ2n) is 3.35. The van der Waals surface area contributed by atoms with Crippen LogP contribution in [0.3, 0.4) is 0 Å². The van der Waals surface area contributed by atoms with Gasteiger partial charge in [-0.05, 0) is 12.8 Å². The smallest absolute Gasteiger partial charge is 0.289 e. The van der Waals surface area contributed by atoms with E-state index in [0.717, 1.165) is 31.6 Å². The van der Waals surface area contributed by atoms with Gasteiger partial charge in [0.25, 0.3) is 5.69 Å². The number of nitrogens with zero attached hydrogens (tertiary/aromatic N) is 3. The van der Waals surface area contributed by atoms with Crippen LogP contribution in [0.15, 0.2) is 18.5 Å². The van der Waals surface area contributed by atoms with Gasteiger partial charge in [0.2, 0.25) is 0 Å². The Balaban J connectivity index is 2.25. The molecule has 0 aliphatic carbocycles. The van der Waals surface area contributed by atoms with E-state index < -0.39 is 4.92 Å². The standard InChI is InChI=1S/C9H11N3O2/c13-12(14)9-5-8(6-10-7-9)11-3-1-2-4-11/h5-7H,1-4H2. The molecule has 0 amide bonds. The van der Waals surface area contributed by atoms with E-state index in [0.29, 0.717) is 0 Å². The molecule has 0 atom stereocenters. The van der Waals surface area contributed by atoms with Gasteiger partial charge in [0.1, 0.15) is 6.20 Å². The van der Waals surface area contributed by atoms with Gasteiger partial charge in [-0.15, -0.1) is 0 Å². The number of hydrogen-bond donors (Lipinski definition) is 0. The van der Waals surface area contributed by atoms with E-state index in [4.69, 9.17) is 0 Å². The first-order chi connectivity index (χ1) is 6.77. The van der Waals surface area contributed by atoms with Crippen LogP contribution in [0.1, 0.15) is 12.8 Å². The Morgan fingerprint density at radius 3 is 2.71 bits per heavy atom. The van der Waals surface area contributed by atoms with Crippen molar-refractivity contribution >= 4 is 11.4 Å². The molecule has 1 aliphatic rings. The Bertz CT molecular complexity index is 348. The quantitative estimate of drug-likeness (QED) is 0.528. The normalized spacial score (nSPS) is 15.9. The van der Waals surface area contributed by atoms with Gasteiger partial charge in [-0.3, -0.25) is 15.1 Å². The van der Waals surface area contributed by atoms with Gasteiger partial charge >= 0.3 is 0 Å². The number of pyridine rings is 1. The average molecular weight is 193 g/mol. The molecule has 0 spiro atoms. The summed E-state index contributed by atoms with van der Waals surface area (Å²) in [6.45, 7) is 1.95. The first kappa shape index (κ1) is 8.93. The third-order valence-electron chi connectivity index (χ3n) is 2.39. The summed E-state index contributed by atoms with van der Waals surface area (Å²) in [6.07, 6.45) is 5.27. The fraction of sp³-hybridized carbons (Fsp3) is 0.444. The van der Waals surface area contributed by atoms with Gasteiger partial charge < -0.3 is 4.90 Å². The zero-order valence-corrected chi connectivity index (χ0v) is 7.72. The minimum atomic E-state index is -0.410. The van der Waals surface area contributed by atoms with Crippen molar-refractivity contribution in [1.82, 2.24) is 4.98 Å². The molecule has 0 saturated carbocycles. The molecule has 1 aromatic rings. The highest BCUT2D eigenvalue weighted by molar-refractivity contribution is 5.50. The van der Waals surface area contributed by atoms with Crippen LogP contribution < -0.4 is 4.90 Å². The number of rotatable bonds is 2. The Hall–Kier alpha value is -1.65. The summed E-state index contributed by atoms with van der Waals surface area (Å²) in [5.74, 6) is 0. The van der Waals surface area contributed by atoms with Crippen molar-refractivity contribution in [1.29, 1.82) is 0 Å². The molecule has 0 radical (unpaired) electrons. The van der Waals surface area contributed by atoms with Crippen molar-refractivity contribution in [3.63, 3.8) is 0 Å². The summed E-state index contributed by atoms with van der Waals surface area (Å²) < 4.78 is 0. The van der Waals surface area contributed by atoms with Crippen molar-refractivity contribution in [2.45, 2.75) is 12.8 Å². The molecule has 14 heavy (non-hydrogen) atoms. The summed E-state index contributed by atoms with van der Waals surface area (Å²) in [4.78, 5) is 16.1. The van der Waals surface area contributed by atoms with E-state index in [-0.39, 0.29) is 5.69 Å². The zero-order chi connectivity index (χ0) is 9.97. The maximum Gasteiger partial charge on any atom is 0.289 e. The molecule has 1 aliphatic heterocycles. The highest BCUT2D eigenvalue weighted by Crippen LogP contribution is 2.22. The maximum atomic E-state index is 10.5. The van der Waals surface area contributed by atoms with Gasteiger partial charge in [-0.2, -0.15) is 0 Å². The molecule has 74 valence electrons. The lowest BCUT2D eigenvalue weighted by molar-refractivity contribution is -0.385. The topological polar surface area (TPSA) is 59.3 Å². The molecular formula is C9H11N3O2. The maximum absolute atomic E-state index is 10.5. The lowest BCUT2D eigenvalue weighted by atomic mass is 10.3. The Morgan fingerprint density at radius 1 is 1.36 bits per heavy atom. The van der Waals surface area contributed by atoms with Gasteiger partial charge in [-0.25, -0.2) is 0 Å². The molecule has 2 heterocycles. The lowest BCUT2D eigenvalue weighted by Crippen LogP contribution is -2.17. The van der Waals surface area contributed by atoms with Crippen LogP contribution in [-0.2, 0) is 0 Å². The van der Waals surface area contributed by atoms with E-state index in [1.807, 2.05) is 0 Å². The molecule has 1 saturated heterocycles. The van der Waals surface area contributed by atoms with E-state index in [9.17, 15) is 10.1 Å².